The molecule has 1 aliphatic heterocycles. The van der Waals surface area contributed by atoms with Gasteiger partial charge in [0.05, 0.1) is 5.39 Å². The number of benzene rings is 5. The fourth-order valence-electron chi connectivity index (χ4n) is 5.54. The van der Waals surface area contributed by atoms with Crippen LogP contribution in [0.4, 0.5) is 0 Å². The van der Waals surface area contributed by atoms with Gasteiger partial charge in [-0.2, -0.15) is 0 Å². The van der Waals surface area contributed by atoms with Crippen LogP contribution in [0.15, 0.2) is 148 Å². The Hall–Kier alpha value is -5.55. The summed E-state index contributed by atoms with van der Waals surface area (Å²) >= 11 is 0. The maximum absolute atomic E-state index is 6.13. The Bertz CT molecular complexity index is 2130. The fourth-order valence-corrected chi connectivity index (χ4v) is 5.54. The Labute approximate surface area is 236 Å². The van der Waals surface area contributed by atoms with Gasteiger partial charge in [0, 0.05) is 17.3 Å². The van der Waals surface area contributed by atoms with Crippen LogP contribution in [0.25, 0.3) is 44.0 Å². The summed E-state index contributed by atoms with van der Waals surface area (Å²) in [4.78, 5) is 14.9. The molecule has 8 rings (SSSR count). The van der Waals surface area contributed by atoms with Crippen LogP contribution in [0.2, 0.25) is 0 Å². The number of rotatable bonds is 4. The van der Waals surface area contributed by atoms with E-state index >= 15 is 0 Å². The van der Waals surface area contributed by atoms with Gasteiger partial charge in [-0.1, -0.05) is 103 Å². The number of hydrogen-bond donors (Lipinski definition) is 1. The van der Waals surface area contributed by atoms with E-state index < -0.39 is 6.17 Å². The zero-order valence-corrected chi connectivity index (χ0v) is 22.0. The Morgan fingerprint density at radius 1 is 0.561 bits per heavy atom. The van der Waals surface area contributed by atoms with E-state index in [4.69, 9.17) is 14.4 Å². The molecule has 0 saturated carbocycles. The van der Waals surface area contributed by atoms with Crippen LogP contribution >= 0.6 is 0 Å². The van der Waals surface area contributed by atoms with Crippen LogP contribution in [0.5, 0.6) is 0 Å². The third-order valence-electron chi connectivity index (χ3n) is 7.59. The Morgan fingerprint density at radius 2 is 1.29 bits per heavy atom. The summed E-state index contributed by atoms with van der Waals surface area (Å²) in [6, 6.07) is 43.6. The lowest BCUT2D eigenvalue weighted by molar-refractivity contribution is 0.668. The molecule has 0 amide bonds. The van der Waals surface area contributed by atoms with E-state index in [9.17, 15) is 0 Å². The maximum Gasteiger partial charge on any atom is 0.169 e. The molecule has 0 fully saturated rings. The highest BCUT2D eigenvalue weighted by Gasteiger charge is 2.24. The average molecular weight is 529 g/mol. The van der Waals surface area contributed by atoms with Crippen molar-refractivity contribution in [2.75, 3.05) is 0 Å². The Morgan fingerprint density at radius 3 is 2.17 bits per heavy atom. The summed E-state index contributed by atoms with van der Waals surface area (Å²) in [6.07, 6.45) is 1.38. The van der Waals surface area contributed by atoms with E-state index in [1.165, 1.54) is 10.9 Å². The lowest BCUT2D eigenvalue weighted by atomic mass is 10.0. The monoisotopic (exact) mass is 528 g/mol. The third kappa shape index (κ3) is 4.15. The highest BCUT2D eigenvalue weighted by atomic mass is 16.3. The van der Waals surface area contributed by atoms with Crippen LogP contribution in [0.3, 0.4) is 0 Å². The van der Waals surface area contributed by atoms with Gasteiger partial charge < -0.3 is 9.73 Å². The molecule has 1 atom stereocenters. The summed E-state index contributed by atoms with van der Waals surface area (Å²) in [5, 5.41) is 6.85. The minimum absolute atomic E-state index is 0.416. The van der Waals surface area contributed by atoms with Crippen molar-refractivity contribution in [3.8, 4) is 11.1 Å². The van der Waals surface area contributed by atoms with Gasteiger partial charge in [-0.3, -0.25) is 4.98 Å². The molecule has 2 aromatic heterocycles. The largest absolute Gasteiger partial charge is 0.454 e. The summed E-state index contributed by atoms with van der Waals surface area (Å²) in [5.41, 5.74) is 7.64. The van der Waals surface area contributed by atoms with Gasteiger partial charge in [0.2, 0.25) is 0 Å². The van der Waals surface area contributed by atoms with Crippen molar-refractivity contribution in [3.63, 3.8) is 0 Å². The van der Waals surface area contributed by atoms with Gasteiger partial charge >= 0.3 is 0 Å². The van der Waals surface area contributed by atoms with E-state index in [1.807, 2.05) is 30.3 Å². The van der Waals surface area contributed by atoms with Gasteiger partial charge in [0.1, 0.15) is 22.8 Å². The van der Waals surface area contributed by atoms with Gasteiger partial charge in [-0.15, -0.1) is 0 Å². The SMILES string of the molecule is c1ccc(-c2ccc(C3=NC(c4ccc5ccccc5c4)N=C(c4cccc5oc6cccnc6c45)N3)cc2)cc1. The number of nitrogens with one attached hydrogen (secondary N) is 1. The molecule has 5 nitrogen and oxygen atoms in total. The molecule has 0 spiro atoms. The number of amidine groups is 2. The van der Waals surface area contributed by atoms with E-state index in [0.717, 1.165) is 61.4 Å². The quantitative estimate of drug-likeness (QED) is 0.250. The summed E-state index contributed by atoms with van der Waals surface area (Å²) in [7, 11) is 0. The second-order valence-corrected chi connectivity index (χ2v) is 10.1. The molecule has 5 heteroatoms. The number of pyridine rings is 1. The third-order valence-corrected chi connectivity index (χ3v) is 7.59. The highest BCUT2D eigenvalue weighted by molar-refractivity contribution is 6.22. The van der Waals surface area contributed by atoms with Gasteiger partial charge in [-0.05, 0) is 51.7 Å². The van der Waals surface area contributed by atoms with Crippen LogP contribution in [-0.4, -0.2) is 16.7 Å². The van der Waals surface area contributed by atoms with E-state index in [0.29, 0.717) is 0 Å². The predicted molar refractivity (Wildman–Crippen MR) is 166 cm³/mol. The molecule has 194 valence electrons. The number of aliphatic imine (C=N–C) groups is 2. The second-order valence-electron chi connectivity index (χ2n) is 10.1. The summed E-state index contributed by atoms with van der Waals surface area (Å²) in [6.45, 7) is 0. The second kappa shape index (κ2) is 9.57. The van der Waals surface area contributed by atoms with Crippen molar-refractivity contribution < 1.29 is 4.42 Å². The number of hydrogen-bond acceptors (Lipinski definition) is 5. The number of fused-ring (bicyclic) bond motifs is 4. The minimum Gasteiger partial charge on any atom is -0.454 e. The molecular formula is C36H24N4O. The van der Waals surface area contributed by atoms with Crippen LogP contribution in [0.1, 0.15) is 22.9 Å². The lowest BCUT2D eigenvalue weighted by Gasteiger charge is -2.23. The predicted octanol–water partition coefficient (Wildman–Crippen LogP) is 8.30. The van der Waals surface area contributed by atoms with Crippen molar-refractivity contribution in [3.05, 3.63) is 150 Å². The highest BCUT2D eigenvalue weighted by Crippen LogP contribution is 2.33. The first-order chi connectivity index (χ1) is 20.3. The topological polar surface area (TPSA) is 62.8 Å². The molecule has 5 aromatic carbocycles. The van der Waals surface area contributed by atoms with Crippen LogP contribution in [-0.2, 0) is 0 Å². The van der Waals surface area contributed by atoms with E-state index in [1.54, 1.807) is 6.20 Å². The molecule has 7 aromatic rings. The van der Waals surface area contributed by atoms with E-state index in [-0.39, 0.29) is 0 Å². The van der Waals surface area contributed by atoms with E-state index in [2.05, 4.69) is 107 Å². The molecule has 0 aliphatic carbocycles. The fraction of sp³-hybridized carbons (Fsp3) is 0.0278. The average Bonchev–Trinajstić information content (AvgIpc) is 3.44. The molecule has 0 bridgehead atoms. The molecule has 0 radical (unpaired) electrons. The number of aromatic nitrogens is 1. The van der Waals surface area contributed by atoms with Gasteiger partial charge in [0.15, 0.2) is 11.7 Å². The lowest BCUT2D eigenvalue weighted by Crippen LogP contribution is -2.36. The molecular weight excluding hydrogens is 504 g/mol. The van der Waals surface area contributed by atoms with Crippen molar-refractivity contribution in [1.82, 2.24) is 10.3 Å². The van der Waals surface area contributed by atoms with Gasteiger partial charge in [-0.25, -0.2) is 9.98 Å². The Kier molecular flexibility index (Phi) is 5.45. The van der Waals surface area contributed by atoms with Crippen molar-refractivity contribution in [2.24, 2.45) is 9.98 Å². The van der Waals surface area contributed by atoms with Gasteiger partial charge in [0.25, 0.3) is 0 Å². The molecule has 1 unspecified atom stereocenters. The first-order valence-electron chi connectivity index (χ1n) is 13.6. The zero-order valence-electron chi connectivity index (χ0n) is 22.0. The van der Waals surface area contributed by atoms with Crippen LogP contribution < -0.4 is 5.32 Å². The Balaban J connectivity index is 1.27. The number of furan rings is 1. The standard InChI is InChI=1S/C36H24N4O/c1-2-8-23(9-3-1)25-15-18-26(19-16-25)34-38-35(28-20-17-24-10-4-5-11-27(24)22-28)40-36(39-34)29-12-6-13-30-32(29)33-31(41-30)14-7-21-37-33/h1-22,35H,(H,38,39,40). The first-order valence-corrected chi connectivity index (χ1v) is 13.6. The number of nitrogens with zero attached hydrogens (tertiary/aromatic N) is 3. The zero-order chi connectivity index (χ0) is 27.2. The molecule has 0 saturated heterocycles. The smallest absolute Gasteiger partial charge is 0.169 e. The van der Waals surface area contributed by atoms with Crippen LogP contribution in [0, 0.1) is 0 Å². The first kappa shape index (κ1) is 23.3. The summed E-state index contributed by atoms with van der Waals surface area (Å²) in [5.74, 6) is 1.50. The minimum atomic E-state index is -0.416. The van der Waals surface area contributed by atoms with Crippen molar-refractivity contribution in [1.29, 1.82) is 0 Å². The summed E-state index contributed by atoms with van der Waals surface area (Å²) < 4.78 is 6.13. The molecule has 1 N–H and O–H groups in total. The molecule has 41 heavy (non-hydrogen) atoms. The maximum atomic E-state index is 6.13. The normalized spacial score (nSPS) is 15.1. The molecule has 3 heterocycles. The van der Waals surface area contributed by atoms with Crippen molar-refractivity contribution in [2.45, 2.75) is 6.17 Å². The molecule has 1 aliphatic rings. The van der Waals surface area contributed by atoms with Crippen molar-refractivity contribution >= 4 is 44.5 Å².